The maximum atomic E-state index is 11.9. The molecule has 7 heteroatoms. The minimum Gasteiger partial charge on any atom is -1.00 e. The minimum atomic E-state index is -0.329. The summed E-state index contributed by atoms with van der Waals surface area (Å²) in [5, 5.41) is 0. The van der Waals surface area contributed by atoms with E-state index in [1.165, 1.54) is 23.3 Å². The van der Waals surface area contributed by atoms with Crippen LogP contribution in [-0.2, 0) is 29.9 Å². The lowest BCUT2D eigenvalue weighted by Crippen LogP contribution is -3.00. The van der Waals surface area contributed by atoms with Gasteiger partial charge in [0.05, 0.1) is 18.6 Å². The molecule has 44 heavy (non-hydrogen) atoms. The second kappa shape index (κ2) is 15.2. The van der Waals surface area contributed by atoms with Crippen LogP contribution in [0.15, 0.2) is 109 Å². The van der Waals surface area contributed by atoms with Crippen molar-refractivity contribution in [2.45, 2.75) is 52.4 Å². The Hall–Kier alpha value is -3.97. The van der Waals surface area contributed by atoms with Crippen LogP contribution < -0.4 is 21.9 Å². The fraction of sp³-hybridized carbons (Fsp3) is 0.324. The molecule has 0 atom stereocenters. The van der Waals surface area contributed by atoms with Crippen LogP contribution >= 0.6 is 0 Å². The van der Waals surface area contributed by atoms with Gasteiger partial charge < -0.3 is 31.4 Å². The molecular formula is C37H43BrN2O4. The molecule has 0 unspecified atom stereocenters. The van der Waals surface area contributed by atoms with Crippen molar-refractivity contribution >= 4 is 29.0 Å². The van der Waals surface area contributed by atoms with E-state index in [4.69, 9.17) is 9.47 Å². The standard InChI is InChI=1S/C37H43N2O4.BrH/c1-7-42-34(40)24-16-26-38-30-20-14-12-18-28(30)36(3,4)32(38)22-10-9-11-23-33-37(5,6)29-19-13-15-21-31(29)39(33)27-17-25-35(41)43-8-2;/h9-25H,7-8,26-27H2,1-6H3;1H/q+1;/p-1. The number of rotatable bonds is 11. The summed E-state index contributed by atoms with van der Waals surface area (Å²) in [6.45, 7) is 14.4. The van der Waals surface area contributed by atoms with Crippen molar-refractivity contribution in [2.75, 3.05) is 31.2 Å². The summed E-state index contributed by atoms with van der Waals surface area (Å²) in [7, 11) is 0. The Morgan fingerprint density at radius 3 is 2.09 bits per heavy atom. The first-order chi connectivity index (χ1) is 20.6. The van der Waals surface area contributed by atoms with E-state index in [0.717, 1.165) is 22.8 Å². The van der Waals surface area contributed by atoms with Crippen LogP contribution in [0.25, 0.3) is 0 Å². The molecule has 0 radical (unpaired) electrons. The van der Waals surface area contributed by atoms with Crippen LogP contribution in [0.2, 0.25) is 0 Å². The molecule has 2 heterocycles. The zero-order valence-electron chi connectivity index (χ0n) is 26.5. The minimum absolute atomic E-state index is 0. The molecule has 2 aromatic carbocycles. The first-order valence-corrected chi connectivity index (χ1v) is 15.0. The third kappa shape index (κ3) is 7.39. The normalized spacial score (nSPS) is 17.6. The molecule has 0 spiro atoms. The first-order valence-electron chi connectivity index (χ1n) is 15.0. The fourth-order valence-corrected chi connectivity index (χ4v) is 5.92. The molecule has 2 aliphatic rings. The highest BCUT2D eigenvalue weighted by Gasteiger charge is 2.43. The van der Waals surface area contributed by atoms with E-state index in [1.54, 1.807) is 13.8 Å². The number of para-hydroxylation sites is 2. The number of anilines is 1. The van der Waals surface area contributed by atoms with Crippen LogP contribution in [0.1, 0.15) is 52.7 Å². The Bertz CT molecular complexity index is 1540. The summed E-state index contributed by atoms with van der Waals surface area (Å²) >= 11 is 0. The van der Waals surface area contributed by atoms with Crippen molar-refractivity contribution in [3.63, 3.8) is 0 Å². The molecule has 2 aliphatic heterocycles. The lowest BCUT2D eigenvalue weighted by molar-refractivity contribution is -0.425. The third-order valence-corrected chi connectivity index (χ3v) is 7.99. The molecule has 2 aromatic rings. The monoisotopic (exact) mass is 658 g/mol. The van der Waals surface area contributed by atoms with Crippen molar-refractivity contribution in [1.29, 1.82) is 0 Å². The van der Waals surface area contributed by atoms with E-state index in [1.807, 2.05) is 24.3 Å². The first kappa shape index (κ1) is 34.5. The molecule has 0 saturated carbocycles. The Kier molecular flexibility index (Phi) is 11.9. The van der Waals surface area contributed by atoms with Gasteiger partial charge in [-0.15, -0.1) is 0 Å². The maximum Gasteiger partial charge on any atom is 0.330 e. The fourth-order valence-electron chi connectivity index (χ4n) is 5.92. The zero-order chi connectivity index (χ0) is 31.0. The molecule has 0 fully saturated rings. The average molecular weight is 660 g/mol. The van der Waals surface area contributed by atoms with E-state index in [-0.39, 0.29) is 39.8 Å². The van der Waals surface area contributed by atoms with Gasteiger partial charge in [-0.1, -0.05) is 74.5 Å². The van der Waals surface area contributed by atoms with Gasteiger partial charge >= 0.3 is 11.9 Å². The number of esters is 2. The number of fused-ring (bicyclic) bond motifs is 2. The topological polar surface area (TPSA) is 58.8 Å². The smallest absolute Gasteiger partial charge is 0.330 e. The van der Waals surface area contributed by atoms with Crippen LogP contribution in [0, 0.1) is 0 Å². The lowest BCUT2D eigenvalue weighted by Gasteiger charge is -2.26. The molecule has 4 rings (SSSR count). The molecule has 6 nitrogen and oxygen atoms in total. The van der Waals surface area contributed by atoms with Crippen molar-refractivity contribution in [1.82, 2.24) is 0 Å². The van der Waals surface area contributed by atoms with Gasteiger partial charge in [0.15, 0.2) is 12.3 Å². The van der Waals surface area contributed by atoms with E-state index in [9.17, 15) is 9.59 Å². The summed E-state index contributed by atoms with van der Waals surface area (Å²) < 4.78 is 12.4. The van der Waals surface area contributed by atoms with Gasteiger partial charge in [-0.3, -0.25) is 0 Å². The number of carbonyl (C=O) groups excluding carboxylic acids is 2. The van der Waals surface area contributed by atoms with Gasteiger partial charge in [0.2, 0.25) is 5.69 Å². The number of hydrogen-bond donors (Lipinski definition) is 0. The maximum absolute atomic E-state index is 11.9. The van der Waals surface area contributed by atoms with E-state index in [2.05, 4.69) is 104 Å². The van der Waals surface area contributed by atoms with Crippen LogP contribution in [0.3, 0.4) is 0 Å². The van der Waals surface area contributed by atoms with Gasteiger partial charge in [-0.2, -0.15) is 4.58 Å². The Labute approximate surface area is 272 Å². The van der Waals surface area contributed by atoms with Crippen LogP contribution in [-0.4, -0.2) is 48.5 Å². The second-order valence-corrected chi connectivity index (χ2v) is 11.5. The molecule has 0 aromatic heterocycles. The summed E-state index contributed by atoms with van der Waals surface area (Å²) in [4.78, 5) is 26.0. The number of benzene rings is 2. The molecule has 232 valence electrons. The lowest BCUT2D eigenvalue weighted by atomic mass is 9.81. The van der Waals surface area contributed by atoms with E-state index >= 15 is 0 Å². The third-order valence-electron chi connectivity index (χ3n) is 7.99. The summed E-state index contributed by atoms with van der Waals surface area (Å²) in [5.74, 6) is -0.658. The quantitative estimate of drug-likeness (QED) is 0.158. The zero-order valence-corrected chi connectivity index (χ0v) is 28.1. The highest BCUT2D eigenvalue weighted by atomic mass is 79.9. The van der Waals surface area contributed by atoms with Gasteiger partial charge in [0, 0.05) is 53.2 Å². The summed E-state index contributed by atoms with van der Waals surface area (Å²) in [6.07, 6.45) is 17.2. The molecule has 0 amide bonds. The predicted octanol–water partition coefficient (Wildman–Crippen LogP) is 4.10. The van der Waals surface area contributed by atoms with Crippen molar-refractivity contribution in [3.05, 3.63) is 120 Å². The highest BCUT2D eigenvalue weighted by Crippen LogP contribution is 2.47. The van der Waals surface area contributed by atoms with Gasteiger partial charge in [-0.05, 0) is 51.5 Å². The number of halogens is 1. The Morgan fingerprint density at radius 1 is 0.795 bits per heavy atom. The Morgan fingerprint density at radius 2 is 1.41 bits per heavy atom. The average Bonchev–Trinajstić information content (AvgIpc) is 3.32. The Balaban J connectivity index is 0.00000529. The van der Waals surface area contributed by atoms with Gasteiger partial charge in [-0.25, -0.2) is 9.59 Å². The van der Waals surface area contributed by atoms with E-state index < -0.39 is 0 Å². The van der Waals surface area contributed by atoms with Gasteiger partial charge in [0.25, 0.3) is 0 Å². The van der Waals surface area contributed by atoms with Crippen LogP contribution in [0.4, 0.5) is 11.4 Å². The number of carbonyl (C=O) groups is 2. The van der Waals surface area contributed by atoms with Gasteiger partial charge in [0.1, 0.15) is 0 Å². The van der Waals surface area contributed by atoms with Crippen molar-refractivity contribution in [2.24, 2.45) is 0 Å². The van der Waals surface area contributed by atoms with Crippen molar-refractivity contribution < 1.29 is 40.6 Å². The molecular weight excluding hydrogens is 616 g/mol. The molecule has 0 bridgehead atoms. The number of nitrogens with zero attached hydrogens (tertiary/aromatic N) is 2. The molecule has 0 N–H and O–H groups in total. The summed E-state index contributed by atoms with van der Waals surface area (Å²) in [5.41, 5.74) is 6.69. The predicted molar refractivity (Wildman–Crippen MR) is 174 cm³/mol. The SMILES string of the molecule is CCOC(=O)C=CCN1C(=CC=CC=CC2=[N+](CC=CC(=O)OCC)c3ccccc3C2(C)C)C(C)(C)c2ccccc21.[Br-]. The molecule has 0 saturated heterocycles. The number of allylic oxidation sites excluding steroid dienone is 6. The largest absolute Gasteiger partial charge is 1.00 e. The summed E-state index contributed by atoms with van der Waals surface area (Å²) in [6, 6.07) is 16.8. The number of hydrogen-bond acceptors (Lipinski definition) is 5. The molecule has 0 aliphatic carbocycles. The highest BCUT2D eigenvalue weighted by molar-refractivity contribution is 6.03. The van der Waals surface area contributed by atoms with Crippen molar-refractivity contribution in [3.8, 4) is 0 Å². The second-order valence-electron chi connectivity index (χ2n) is 11.5. The van der Waals surface area contributed by atoms with Crippen LogP contribution in [0.5, 0.6) is 0 Å². The number of ether oxygens (including phenoxy) is 2. The van der Waals surface area contributed by atoms with E-state index in [0.29, 0.717) is 26.3 Å².